The van der Waals surface area contributed by atoms with Crippen LogP contribution in [0.4, 0.5) is 0 Å². The van der Waals surface area contributed by atoms with Gasteiger partial charge in [0.15, 0.2) is 0 Å². The number of imide groups is 1. The molecule has 1 fully saturated rings. The van der Waals surface area contributed by atoms with Crippen LogP contribution >= 0.6 is 0 Å². The summed E-state index contributed by atoms with van der Waals surface area (Å²) in [6.07, 6.45) is 0.193. The van der Waals surface area contributed by atoms with Gasteiger partial charge in [0, 0.05) is 0 Å². The summed E-state index contributed by atoms with van der Waals surface area (Å²) in [4.78, 5) is 37.7. The van der Waals surface area contributed by atoms with Crippen molar-refractivity contribution in [1.29, 1.82) is 0 Å². The first kappa shape index (κ1) is 14.2. The van der Waals surface area contributed by atoms with Crippen molar-refractivity contribution in [3.8, 4) is 0 Å². The van der Waals surface area contributed by atoms with Crippen molar-refractivity contribution in [1.82, 2.24) is 9.80 Å². The molecule has 0 aromatic heterocycles. The Morgan fingerprint density at radius 3 is 2.35 bits per heavy atom. The molecule has 1 aromatic carbocycles. The summed E-state index contributed by atoms with van der Waals surface area (Å²) in [5, 5.41) is 8.82. The standard InChI is InChI=1S/C14H16N2O4/c1-15(2)11-7-12(17)16(13(11)18)8-9-3-5-10(6-4-9)14(19)20/h3-6,11H,7-8H2,1-2H3,(H,19,20)/t11-/m0/s1. The lowest BCUT2D eigenvalue weighted by atomic mass is 10.1. The van der Waals surface area contributed by atoms with E-state index in [-0.39, 0.29) is 30.3 Å². The Labute approximate surface area is 116 Å². The quantitative estimate of drug-likeness (QED) is 0.814. The van der Waals surface area contributed by atoms with Crippen molar-refractivity contribution in [2.45, 2.75) is 19.0 Å². The molecule has 6 heteroatoms. The Kier molecular flexibility index (Phi) is 3.85. The molecule has 1 saturated heterocycles. The summed E-state index contributed by atoms with van der Waals surface area (Å²) in [5.74, 6) is -1.41. The first-order valence-corrected chi connectivity index (χ1v) is 6.23. The third kappa shape index (κ3) is 2.70. The van der Waals surface area contributed by atoms with Crippen LogP contribution in [-0.4, -0.2) is 52.8 Å². The zero-order valence-corrected chi connectivity index (χ0v) is 11.4. The van der Waals surface area contributed by atoms with Gasteiger partial charge in [0.1, 0.15) is 0 Å². The molecule has 2 amide bonds. The van der Waals surface area contributed by atoms with Gasteiger partial charge in [0.2, 0.25) is 11.8 Å². The minimum atomic E-state index is -1.00. The predicted octanol–water partition coefficient (Wildman–Crippen LogP) is 0.574. The second kappa shape index (κ2) is 5.42. The highest BCUT2D eigenvalue weighted by molar-refractivity contribution is 6.05. The number of carbonyl (C=O) groups excluding carboxylic acids is 2. The average molecular weight is 276 g/mol. The van der Waals surface area contributed by atoms with Gasteiger partial charge in [-0.15, -0.1) is 0 Å². The molecule has 6 nitrogen and oxygen atoms in total. The van der Waals surface area contributed by atoms with Crippen molar-refractivity contribution >= 4 is 17.8 Å². The molecule has 0 aliphatic carbocycles. The number of amides is 2. The van der Waals surface area contributed by atoms with Crippen molar-refractivity contribution in [2.75, 3.05) is 14.1 Å². The van der Waals surface area contributed by atoms with Crippen molar-refractivity contribution in [3.05, 3.63) is 35.4 Å². The van der Waals surface area contributed by atoms with E-state index in [9.17, 15) is 14.4 Å². The molecule has 1 aliphatic heterocycles. The molecule has 1 heterocycles. The predicted molar refractivity (Wildman–Crippen MR) is 71.1 cm³/mol. The van der Waals surface area contributed by atoms with Crippen LogP contribution in [-0.2, 0) is 16.1 Å². The Hall–Kier alpha value is -2.21. The van der Waals surface area contributed by atoms with E-state index in [1.165, 1.54) is 17.0 Å². The van der Waals surface area contributed by atoms with Gasteiger partial charge >= 0.3 is 5.97 Å². The van der Waals surface area contributed by atoms with Crippen LogP contribution in [0.2, 0.25) is 0 Å². The Balaban J connectivity index is 2.12. The van der Waals surface area contributed by atoms with Crippen LogP contribution in [0.3, 0.4) is 0 Å². The van der Waals surface area contributed by atoms with Gasteiger partial charge in [-0.1, -0.05) is 12.1 Å². The minimum absolute atomic E-state index is 0.180. The van der Waals surface area contributed by atoms with Crippen LogP contribution in [0, 0.1) is 0 Å². The Morgan fingerprint density at radius 1 is 1.30 bits per heavy atom. The molecular weight excluding hydrogens is 260 g/mol. The van der Waals surface area contributed by atoms with Gasteiger partial charge in [-0.2, -0.15) is 0 Å². The zero-order chi connectivity index (χ0) is 14.9. The summed E-state index contributed by atoms with van der Waals surface area (Å²) < 4.78 is 0. The lowest BCUT2D eigenvalue weighted by Gasteiger charge is -2.18. The van der Waals surface area contributed by atoms with Gasteiger partial charge in [0.25, 0.3) is 0 Å². The van der Waals surface area contributed by atoms with Gasteiger partial charge in [-0.3, -0.25) is 19.4 Å². The van der Waals surface area contributed by atoms with Gasteiger partial charge in [-0.05, 0) is 31.8 Å². The van der Waals surface area contributed by atoms with Crippen LogP contribution in [0.1, 0.15) is 22.3 Å². The highest BCUT2D eigenvalue weighted by Gasteiger charge is 2.39. The van der Waals surface area contributed by atoms with Crippen LogP contribution in [0.15, 0.2) is 24.3 Å². The molecule has 20 heavy (non-hydrogen) atoms. The van der Waals surface area contributed by atoms with Gasteiger partial charge in [-0.25, -0.2) is 4.79 Å². The molecule has 0 spiro atoms. The molecule has 0 saturated carbocycles. The van der Waals surface area contributed by atoms with E-state index in [4.69, 9.17) is 5.11 Å². The Morgan fingerprint density at radius 2 is 1.90 bits per heavy atom. The number of hydrogen-bond acceptors (Lipinski definition) is 4. The summed E-state index contributed by atoms with van der Waals surface area (Å²) in [5.41, 5.74) is 0.912. The third-order valence-electron chi connectivity index (χ3n) is 3.39. The van der Waals surface area contributed by atoms with E-state index in [1.807, 2.05) is 0 Å². The van der Waals surface area contributed by atoms with E-state index < -0.39 is 12.0 Å². The first-order chi connectivity index (χ1) is 9.40. The summed E-state index contributed by atoms with van der Waals surface area (Å²) in [6, 6.07) is 5.76. The number of rotatable bonds is 4. The van der Waals surface area contributed by atoms with Crippen LogP contribution in [0.25, 0.3) is 0 Å². The Bertz CT molecular complexity index is 551. The number of likely N-dealkylation sites (tertiary alicyclic amines) is 1. The fourth-order valence-corrected chi connectivity index (χ4v) is 2.17. The monoisotopic (exact) mass is 276 g/mol. The SMILES string of the molecule is CN(C)[C@H]1CC(=O)N(Cc2ccc(C(=O)O)cc2)C1=O. The molecule has 0 bridgehead atoms. The number of carboxylic acid groups (broad SMARTS) is 1. The second-order valence-electron chi connectivity index (χ2n) is 5.00. The maximum atomic E-state index is 12.1. The van der Waals surface area contributed by atoms with Crippen molar-refractivity contribution < 1.29 is 19.5 Å². The number of hydrogen-bond donors (Lipinski definition) is 1. The van der Waals surface area contributed by atoms with Gasteiger partial charge in [0.05, 0.1) is 24.6 Å². The number of carboxylic acids is 1. The molecule has 1 aromatic rings. The first-order valence-electron chi connectivity index (χ1n) is 6.23. The number of likely N-dealkylation sites (N-methyl/N-ethyl adjacent to an activating group) is 1. The number of benzene rings is 1. The topological polar surface area (TPSA) is 77.9 Å². The van der Waals surface area contributed by atoms with E-state index in [0.717, 1.165) is 5.56 Å². The largest absolute Gasteiger partial charge is 0.478 e. The normalized spacial score (nSPS) is 18.9. The van der Waals surface area contributed by atoms with Crippen LogP contribution < -0.4 is 0 Å². The highest BCUT2D eigenvalue weighted by Crippen LogP contribution is 2.19. The molecule has 0 radical (unpaired) electrons. The van der Waals surface area contributed by atoms with E-state index in [2.05, 4.69) is 0 Å². The number of nitrogens with zero attached hydrogens (tertiary/aromatic N) is 2. The lowest BCUT2D eigenvalue weighted by Crippen LogP contribution is -2.37. The van der Waals surface area contributed by atoms with E-state index >= 15 is 0 Å². The molecule has 1 N–H and O–H groups in total. The molecule has 1 aliphatic rings. The molecule has 0 unspecified atom stereocenters. The van der Waals surface area contributed by atoms with Gasteiger partial charge < -0.3 is 5.11 Å². The van der Waals surface area contributed by atoms with E-state index in [0.29, 0.717) is 0 Å². The fraction of sp³-hybridized carbons (Fsp3) is 0.357. The molecular formula is C14H16N2O4. The third-order valence-corrected chi connectivity index (χ3v) is 3.39. The van der Waals surface area contributed by atoms with Crippen molar-refractivity contribution in [2.24, 2.45) is 0 Å². The maximum absolute atomic E-state index is 12.1. The number of aromatic carboxylic acids is 1. The fourth-order valence-electron chi connectivity index (χ4n) is 2.17. The highest BCUT2D eigenvalue weighted by atomic mass is 16.4. The average Bonchev–Trinajstić information content (AvgIpc) is 2.67. The maximum Gasteiger partial charge on any atom is 0.335 e. The summed E-state index contributed by atoms with van der Waals surface area (Å²) in [7, 11) is 3.53. The zero-order valence-electron chi connectivity index (χ0n) is 11.4. The summed E-state index contributed by atoms with van der Waals surface area (Å²) >= 11 is 0. The smallest absolute Gasteiger partial charge is 0.335 e. The second-order valence-corrected chi connectivity index (χ2v) is 5.00. The summed E-state index contributed by atoms with van der Waals surface area (Å²) in [6.45, 7) is 0.182. The molecule has 2 rings (SSSR count). The van der Waals surface area contributed by atoms with Crippen molar-refractivity contribution in [3.63, 3.8) is 0 Å². The molecule has 1 atom stereocenters. The number of carbonyl (C=O) groups is 3. The lowest BCUT2D eigenvalue weighted by molar-refractivity contribution is -0.140. The van der Waals surface area contributed by atoms with Crippen LogP contribution in [0.5, 0.6) is 0 Å². The minimum Gasteiger partial charge on any atom is -0.478 e. The molecule has 106 valence electrons. The van der Waals surface area contributed by atoms with E-state index in [1.54, 1.807) is 31.1 Å².